The van der Waals surface area contributed by atoms with Crippen molar-refractivity contribution in [2.24, 2.45) is 0 Å². The van der Waals surface area contributed by atoms with Crippen LogP contribution in [-0.4, -0.2) is 51.8 Å². The number of carboxylic acid groups (broad SMARTS) is 1. The van der Waals surface area contributed by atoms with Crippen LogP contribution in [0.5, 0.6) is 0 Å². The Morgan fingerprint density at radius 1 is 1.12 bits per heavy atom. The van der Waals surface area contributed by atoms with Crippen LogP contribution < -0.4 is 0 Å². The lowest BCUT2D eigenvalue weighted by atomic mass is 9.98. The number of carbonyl (C=O) groups excluding carboxylic acids is 1. The zero-order valence-corrected chi connectivity index (χ0v) is 21.7. The Balaban J connectivity index is 1.71. The Morgan fingerprint density at radius 2 is 1.88 bits per heavy atom. The summed E-state index contributed by atoms with van der Waals surface area (Å²) in [6, 6.07) is 17.1. The molecular weight excluding hydrogens is 488 g/mol. The Labute approximate surface area is 213 Å². The summed E-state index contributed by atoms with van der Waals surface area (Å²) in [5, 5.41) is 12.2. The summed E-state index contributed by atoms with van der Waals surface area (Å²) >= 11 is 9.02. The van der Waals surface area contributed by atoms with Gasteiger partial charge in [-0.2, -0.15) is 11.8 Å². The van der Waals surface area contributed by atoms with E-state index in [0.717, 1.165) is 27.7 Å². The maximum Gasteiger partial charge on any atom is 0.324 e. The molecule has 1 unspecified atom stereocenters. The summed E-state index contributed by atoms with van der Waals surface area (Å²) in [4.78, 5) is 30.1. The van der Waals surface area contributed by atoms with Crippen molar-refractivity contribution in [1.82, 2.24) is 9.88 Å². The Kier molecular flexibility index (Phi) is 9.05. The molecule has 0 saturated carbocycles. The Bertz CT molecular complexity index is 1220. The van der Waals surface area contributed by atoms with Gasteiger partial charge in [0, 0.05) is 41.8 Å². The lowest BCUT2D eigenvalue weighted by Gasteiger charge is -2.25. The van der Waals surface area contributed by atoms with Gasteiger partial charge in [-0.25, -0.2) is 4.98 Å². The summed E-state index contributed by atoms with van der Waals surface area (Å²) < 4.78 is -1.10. The molecule has 2 aromatic carbocycles. The number of fused-ring (bicyclic) bond motifs is 1. The van der Waals surface area contributed by atoms with E-state index >= 15 is 0 Å². The largest absolute Gasteiger partial charge is 0.480 e. The van der Waals surface area contributed by atoms with Crippen molar-refractivity contribution in [3.05, 3.63) is 76.4 Å². The van der Waals surface area contributed by atoms with E-state index in [2.05, 4.69) is 4.98 Å². The normalized spacial score (nSPS) is 13.2. The molecule has 0 bridgehead atoms. The number of aromatic nitrogens is 1. The number of aliphatic carboxylic acids is 1. The second kappa shape index (κ2) is 11.8. The smallest absolute Gasteiger partial charge is 0.324 e. The molecule has 34 heavy (non-hydrogen) atoms. The van der Waals surface area contributed by atoms with Gasteiger partial charge >= 0.3 is 5.97 Å². The van der Waals surface area contributed by atoms with E-state index in [-0.39, 0.29) is 5.91 Å². The molecule has 3 rings (SSSR count). The van der Waals surface area contributed by atoms with Crippen molar-refractivity contribution in [3.8, 4) is 0 Å². The van der Waals surface area contributed by atoms with Crippen molar-refractivity contribution in [2.75, 3.05) is 24.9 Å². The van der Waals surface area contributed by atoms with E-state index in [0.29, 0.717) is 22.3 Å². The van der Waals surface area contributed by atoms with Crippen molar-refractivity contribution in [2.45, 2.75) is 18.1 Å². The number of nitrogens with zero attached hydrogens (tertiary/aromatic N) is 2. The molecule has 5 nitrogen and oxygen atoms in total. The number of rotatable bonds is 10. The van der Waals surface area contributed by atoms with E-state index < -0.39 is 10.7 Å². The number of amides is 1. The van der Waals surface area contributed by atoms with Crippen LogP contribution in [0.2, 0.25) is 5.02 Å². The van der Waals surface area contributed by atoms with Gasteiger partial charge in [0.1, 0.15) is 4.75 Å². The third-order valence-corrected chi connectivity index (χ3v) is 8.21. The van der Waals surface area contributed by atoms with Crippen LogP contribution in [0.3, 0.4) is 0 Å². The molecule has 0 saturated heterocycles. The zero-order chi connectivity index (χ0) is 24.7. The summed E-state index contributed by atoms with van der Waals surface area (Å²) in [5.74, 6) is -0.162. The molecule has 0 fully saturated rings. The van der Waals surface area contributed by atoms with Crippen LogP contribution >= 0.6 is 35.1 Å². The molecule has 1 heterocycles. The SMILES string of the molecule is CN(C)C(=O)CCSCSC(C)(C(=O)O)c1cccc(C=Cc2ccc3ccc(Cl)cc3n2)c1. The van der Waals surface area contributed by atoms with Crippen molar-refractivity contribution < 1.29 is 14.7 Å². The van der Waals surface area contributed by atoms with E-state index in [1.54, 1.807) is 37.7 Å². The highest BCUT2D eigenvalue weighted by molar-refractivity contribution is 8.16. The van der Waals surface area contributed by atoms with Crippen molar-refractivity contribution in [3.63, 3.8) is 0 Å². The second-order valence-electron chi connectivity index (χ2n) is 8.08. The van der Waals surface area contributed by atoms with E-state index in [9.17, 15) is 14.7 Å². The van der Waals surface area contributed by atoms with Gasteiger partial charge in [0.25, 0.3) is 0 Å². The predicted octanol–water partition coefficient (Wildman–Crippen LogP) is 6.26. The average Bonchev–Trinajstić information content (AvgIpc) is 2.81. The fourth-order valence-corrected chi connectivity index (χ4v) is 5.84. The summed E-state index contributed by atoms with van der Waals surface area (Å²) in [6.45, 7) is 1.73. The van der Waals surface area contributed by atoms with E-state index in [1.807, 2.05) is 66.7 Å². The topological polar surface area (TPSA) is 70.5 Å². The van der Waals surface area contributed by atoms with Gasteiger partial charge in [0.2, 0.25) is 5.91 Å². The Hall–Kier alpha value is -2.48. The minimum absolute atomic E-state index is 0.0713. The van der Waals surface area contributed by atoms with E-state index in [4.69, 9.17) is 11.6 Å². The van der Waals surface area contributed by atoms with Crippen LogP contribution in [0.1, 0.15) is 30.2 Å². The first-order valence-corrected chi connectivity index (χ1v) is 13.2. The molecule has 1 atom stereocenters. The number of hydrogen-bond donors (Lipinski definition) is 1. The minimum atomic E-state index is -1.10. The quantitative estimate of drug-likeness (QED) is 0.254. The summed E-state index contributed by atoms with van der Waals surface area (Å²) in [5.41, 5.74) is 3.22. The van der Waals surface area contributed by atoms with Gasteiger partial charge in [-0.3, -0.25) is 9.59 Å². The molecule has 0 radical (unpaired) electrons. The van der Waals surface area contributed by atoms with E-state index in [1.165, 1.54) is 11.8 Å². The van der Waals surface area contributed by atoms with Crippen LogP contribution in [-0.2, 0) is 14.3 Å². The van der Waals surface area contributed by atoms with Gasteiger partial charge in [0.15, 0.2) is 0 Å². The monoisotopic (exact) mass is 514 g/mol. The molecule has 1 N–H and O–H groups in total. The second-order valence-corrected chi connectivity index (χ2v) is 11.4. The molecule has 0 aliphatic carbocycles. The van der Waals surface area contributed by atoms with Gasteiger partial charge in [-0.05, 0) is 48.4 Å². The lowest BCUT2D eigenvalue weighted by molar-refractivity contribution is -0.139. The van der Waals surface area contributed by atoms with Crippen LogP contribution in [0.4, 0.5) is 0 Å². The predicted molar refractivity (Wildman–Crippen MR) is 145 cm³/mol. The number of carboxylic acids is 1. The number of pyridine rings is 1. The van der Waals surface area contributed by atoms with Crippen LogP contribution in [0, 0.1) is 0 Å². The summed E-state index contributed by atoms with van der Waals surface area (Å²) in [6.07, 6.45) is 4.27. The number of halogens is 1. The third-order valence-electron chi connectivity index (χ3n) is 5.36. The Morgan fingerprint density at radius 3 is 2.62 bits per heavy atom. The van der Waals surface area contributed by atoms with Crippen LogP contribution in [0.15, 0.2) is 54.6 Å². The number of carbonyl (C=O) groups is 2. The molecule has 178 valence electrons. The number of hydrogen-bond acceptors (Lipinski definition) is 5. The zero-order valence-electron chi connectivity index (χ0n) is 19.3. The molecule has 8 heteroatoms. The first-order chi connectivity index (χ1) is 16.2. The highest BCUT2D eigenvalue weighted by Gasteiger charge is 2.35. The fraction of sp³-hybridized carbons (Fsp3) is 0.269. The van der Waals surface area contributed by atoms with Gasteiger partial charge < -0.3 is 10.0 Å². The average molecular weight is 515 g/mol. The fourth-order valence-electron chi connectivity index (χ4n) is 3.19. The first kappa shape index (κ1) is 26.1. The summed E-state index contributed by atoms with van der Waals surface area (Å²) in [7, 11) is 3.46. The maximum atomic E-state index is 12.2. The lowest BCUT2D eigenvalue weighted by Crippen LogP contribution is -2.29. The molecular formula is C26H27ClN2O3S2. The maximum absolute atomic E-state index is 12.2. The van der Waals surface area contributed by atoms with Crippen molar-refractivity contribution >= 4 is 70.1 Å². The molecule has 0 aliphatic rings. The highest BCUT2D eigenvalue weighted by atomic mass is 35.5. The third kappa shape index (κ3) is 6.78. The molecule has 3 aromatic rings. The van der Waals surface area contributed by atoms with Crippen LogP contribution in [0.25, 0.3) is 23.1 Å². The number of thioether (sulfide) groups is 2. The molecule has 0 aliphatic heterocycles. The van der Waals surface area contributed by atoms with Gasteiger partial charge in [-0.1, -0.05) is 48.0 Å². The molecule has 1 amide bonds. The van der Waals surface area contributed by atoms with Gasteiger partial charge in [-0.15, -0.1) is 11.8 Å². The number of benzene rings is 2. The molecule has 1 aromatic heterocycles. The van der Waals surface area contributed by atoms with Crippen molar-refractivity contribution in [1.29, 1.82) is 0 Å². The minimum Gasteiger partial charge on any atom is -0.480 e. The highest BCUT2D eigenvalue weighted by Crippen LogP contribution is 2.39. The molecule has 0 spiro atoms. The van der Waals surface area contributed by atoms with Gasteiger partial charge in [0.05, 0.1) is 11.2 Å². The first-order valence-electron chi connectivity index (χ1n) is 10.7. The standard InChI is InChI=1S/C26H27ClN2O3S2/c1-26(25(31)32,34-17-33-14-13-24(30)29(2)3)20-6-4-5-18(15-20)7-11-22-12-9-19-8-10-21(27)16-23(19)28-22/h4-12,15-16H,13-14,17H2,1-3H3,(H,31,32).